The minimum atomic E-state index is 0.0651. The van der Waals surface area contributed by atoms with Crippen LogP contribution in [-0.4, -0.2) is 15.8 Å². The van der Waals surface area contributed by atoms with E-state index in [0.717, 1.165) is 39.1 Å². The first-order chi connectivity index (χ1) is 8.95. The third-order valence-electron chi connectivity index (χ3n) is 3.13. The van der Waals surface area contributed by atoms with Gasteiger partial charge in [0, 0.05) is 17.2 Å². The fourth-order valence-electron chi connectivity index (χ4n) is 2.09. The molecule has 0 N–H and O–H groups in total. The predicted octanol–water partition coefficient (Wildman–Crippen LogP) is 4.08. The number of rotatable bonds is 1. The summed E-state index contributed by atoms with van der Waals surface area (Å²) in [4.78, 5) is 22.0. The van der Waals surface area contributed by atoms with Crippen LogP contribution in [0.2, 0.25) is 0 Å². The maximum atomic E-state index is 11.8. The van der Waals surface area contributed by atoms with Gasteiger partial charge in [-0.25, -0.2) is 9.97 Å². The van der Waals surface area contributed by atoms with Crippen LogP contribution in [-0.2, 0) is 11.8 Å². The Labute approximate surface area is 120 Å². The summed E-state index contributed by atoms with van der Waals surface area (Å²) in [5, 5.41) is 4.06. The first kappa shape index (κ1) is 12.9. The molecular formula is C14H16N2OS2. The van der Waals surface area contributed by atoms with E-state index in [1.807, 2.05) is 0 Å². The number of ketones is 1. The second-order valence-corrected chi connectivity index (χ2v) is 7.72. The van der Waals surface area contributed by atoms with Crippen LogP contribution in [0.1, 0.15) is 54.0 Å². The Hall–Kier alpha value is -1.07. The van der Waals surface area contributed by atoms with Crippen LogP contribution in [0.25, 0.3) is 10.7 Å². The number of aryl methyl sites for hydroxylation is 1. The van der Waals surface area contributed by atoms with Gasteiger partial charge in [0.15, 0.2) is 5.78 Å². The van der Waals surface area contributed by atoms with Gasteiger partial charge >= 0.3 is 0 Å². The first-order valence-corrected chi connectivity index (χ1v) is 8.14. The Balaban J connectivity index is 1.99. The second-order valence-electron chi connectivity index (χ2n) is 5.86. The third kappa shape index (κ3) is 2.37. The van der Waals surface area contributed by atoms with E-state index in [4.69, 9.17) is 0 Å². The molecule has 2 aromatic rings. The van der Waals surface area contributed by atoms with Crippen molar-refractivity contribution in [3.05, 3.63) is 21.0 Å². The molecule has 0 amide bonds. The monoisotopic (exact) mass is 292 g/mol. The smallest absolute Gasteiger partial charge is 0.174 e. The van der Waals surface area contributed by atoms with Crippen LogP contribution >= 0.6 is 22.7 Å². The standard InChI is InChI=1S/C14H16N2OS2/c1-14(2,3)13-16-9(7-18-13)12-15-8-5-4-6-10(17)11(8)19-12/h7H,4-6H2,1-3H3. The topological polar surface area (TPSA) is 42.9 Å². The Morgan fingerprint density at radius 1 is 1.21 bits per heavy atom. The summed E-state index contributed by atoms with van der Waals surface area (Å²) in [5.74, 6) is 0.247. The number of aromatic nitrogens is 2. The van der Waals surface area contributed by atoms with Gasteiger partial charge < -0.3 is 0 Å². The molecule has 0 fully saturated rings. The highest BCUT2D eigenvalue weighted by Gasteiger charge is 2.24. The number of carbonyl (C=O) groups is 1. The van der Waals surface area contributed by atoms with Crippen LogP contribution in [0.15, 0.2) is 5.38 Å². The molecule has 0 saturated carbocycles. The lowest BCUT2D eigenvalue weighted by Gasteiger charge is -2.13. The van der Waals surface area contributed by atoms with E-state index in [1.54, 1.807) is 11.3 Å². The quantitative estimate of drug-likeness (QED) is 0.795. The molecule has 0 saturated heterocycles. The van der Waals surface area contributed by atoms with Crippen LogP contribution in [0.5, 0.6) is 0 Å². The molecule has 3 rings (SSSR count). The lowest BCUT2D eigenvalue weighted by molar-refractivity contribution is 0.0976. The number of fused-ring (bicyclic) bond motifs is 1. The fourth-order valence-corrected chi connectivity index (χ4v) is 4.10. The highest BCUT2D eigenvalue weighted by Crippen LogP contribution is 2.35. The Bertz CT molecular complexity index is 634. The fraction of sp³-hybridized carbons (Fsp3) is 0.500. The van der Waals surface area contributed by atoms with Gasteiger partial charge in [0.05, 0.1) is 15.6 Å². The average Bonchev–Trinajstić information content (AvgIpc) is 2.94. The number of Topliss-reactive ketones (excluding diaryl/α,β-unsaturated/α-hetero) is 1. The summed E-state index contributed by atoms with van der Waals surface area (Å²) in [6.07, 6.45) is 2.52. The van der Waals surface area contributed by atoms with Crippen molar-refractivity contribution >= 4 is 28.5 Å². The first-order valence-electron chi connectivity index (χ1n) is 6.44. The van der Waals surface area contributed by atoms with E-state index in [1.165, 1.54) is 11.3 Å². The largest absolute Gasteiger partial charge is 0.293 e. The maximum absolute atomic E-state index is 11.8. The van der Waals surface area contributed by atoms with Crippen molar-refractivity contribution in [1.82, 2.24) is 9.97 Å². The van der Waals surface area contributed by atoms with Gasteiger partial charge in [-0.15, -0.1) is 22.7 Å². The summed E-state index contributed by atoms with van der Waals surface area (Å²) >= 11 is 3.17. The lowest BCUT2D eigenvalue weighted by Crippen LogP contribution is -2.10. The number of hydrogen-bond acceptors (Lipinski definition) is 5. The zero-order valence-corrected chi connectivity index (χ0v) is 13.0. The molecule has 0 radical (unpaired) electrons. The molecule has 0 aromatic carbocycles. The summed E-state index contributed by atoms with van der Waals surface area (Å²) in [6.45, 7) is 6.48. The van der Waals surface area contributed by atoms with Crippen LogP contribution in [0.3, 0.4) is 0 Å². The van der Waals surface area contributed by atoms with Gasteiger partial charge in [0.1, 0.15) is 10.7 Å². The molecule has 5 heteroatoms. The van der Waals surface area contributed by atoms with Gasteiger partial charge in [-0.3, -0.25) is 4.79 Å². The van der Waals surface area contributed by atoms with Crippen LogP contribution in [0, 0.1) is 0 Å². The van der Waals surface area contributed by atoms with Crippen LogP contribution in [0.4, 0.5) is 0 Å². The molecular weight excluding hydrogens is 276 g/mol. The molecule has 100 valence electrons. The molecule has 0 unspecified atom stereocenters. The number of hydrogen-bond donors (Lipinski definition) is 0. The van der Waals surface area contributed by atoms with Gasteiger partial charge in [0.25, 0.3) is 0 Å². The van der Waals surface area contributed by atoms with E-state index in [9.17, 15) is 4.79 Å². The molecule has 0 spiro atoms. The molecule has 0 aliphatic heterocycles. The van der Waals surface area contributed by atoms with Crippen LogP contribution < -0.4 is 0 Å². The molecule has 3 nitrogen and oxygen atoms in total. The van der Waals surface area contributed by atoms with Crippen molar-refractivity contribution in [3.63, 3.8) is 0 Å². The van der Waals surface area contributed by atoms with E-state index < -0.39 is 0 Å². The summed E-state index contributed by atoms with van der Waals surface area (Å²) in [5.41, 5.74) is 1.96. The zero-order chi connectivity index (χ0) is 13.6. The van der Waals surface area contributed by atoms with Crippen molar-refractivity contribution in [1.29, 1.82) is 0 Å². The number of carbonyl (C=O) groups excluding carboxylic acids is 1. The zero-order valence-electron chi connectivity index (χ0n) is 11.3. The van der Waals surface area contributed by atoms with Crippen molar-refractivity contribution in [2.45, 2.75) is 45.4 Å². The van der Waals surface area contributed by atoms with Crippen molar-refractivity contribution in [2.24, 2.45) is 0 Å². The summed E-state index contributed by atoms with van der Waals surface area (Å²) < 4.78 is 0. The van der Waals surface area contributed by atoms with Gasteiger partial charge in [-0.2, -0.15) is 0 Å². The third-order valence-corrected chi connectivity index (χ3v) is 5.56. The van der Waals surface area contributed by atoms with Crippen molar-refractivity contribution in [2.75, 3.05) is 0 Å². The van der Waals surface area contributed by atoms with E-state index in [-0.39, 0.29) is 11.2 Å². The average molecular weight is 292 g/mol. The SMILES string of the molecule is CC(C)(C)c1nc(-c2nc3c(s2)C(=O)CCC3)cs1. The van der Waals surface area contributed by atoms with E-state index in [2.05, 4.69) is 36.1 Å². The normalized spacial score (nSPS) is 15.6. The molecule has 2 heterocycles. The molecule has 19 heavy (non-hydrogen) atoms. The van der Waals surface area contributed by atoms with E-state index >= 15 is 0 Å². The molecule has 1 aliphatic carbocycles. The summed E-state index contributed by atoms with van der Waals surface area (Å²) in [6, 6.07) is 0. The highest BCUT2D eigenvalue weighted by molar-refractivity contribution is 7.17. The van der Waals surface area contributed by atoms with Gasteiger partial charge in [0.2, 0.25) is 0 Å². The van der Waals surface area contributed by atoms with Gasteiger partial charge in [-0.05, 0) is 12.8 Å². The predicted molar refractivity (Wildman–Crippen MR) is 79.2 cm³/mol. The second kappa shape index (κ2) is 4.49. The number of nitrogens with zero attached hydrogens (tertiary/aromatic N) is 2. The Kier molecular flexibility index (Phi) is 3.06. The van der Waals surface area contributed by atoms with Gasteiger partial charge in [-0.1, -0.05) is 20.8 Å². The molecule has 0 bridgehead atoms. The highest BCUT2D eigenvalue weighted by atomic mass is 32.1. The number of thiazole rings is 2. The van der Waals surface area contributed by atoms with Crippen molar-refractivity contribution < 1.29 is 4.79 Å². The minimum absolute atomic E-state index is 0.0651. The maximum Gasteiger partial charge on any atom is 0.174 e. The Morgan fingerprint density at radius 2 is 2.00 bits per heavy atom. The molecule has 0 atom stereocenters. The van der Waals surface area contributed by atoms with E-state index in [0.29, 0.717) is 6.42 Å². The molecule has 1 aliphatic rings. The van der Waals surface area contributed by atoms with Crippen molar-refractivity contribution in [3.8, 4) is 10.7 Å². The summed E-state index contributed by atoms with van der Waals surface area (Å²) in [7, 11) is 0. The lowest BCUT2D eigenvalue weighted by atomic mass is 9.98. The minimum Gasteiger partial charge on any atom is -0.293 e. The molecule has 2 aromatic heterocycles. The Morgan fingerprint density at radius 3 is 2.63 bits per heavy atom.